The second-order valence-electron chi connectivity index (χ2n) is 14.7. The summed E-state index contributed by atoms with van der Waals surface area (Å²) in [6, 6.07) is 29.3. The van der Waals surface area contributed by atoms with Gasteiger partial charge in [-0.15, -0.1) is 0 Å². The Labute approximate surface area is 320 Å². The van der Waals surface area contributed by atoms with Crippen LogP contribution in [-0.2, 0) is 24.6 Å². The number of hydrazine groups is 1. The molecule has 2 heterocycles. The summed E-state index contributed by atoms with van der Waals surface area (Å²) < 4.78 is 13.9. The molecule has 2 N–H and O–H groups in total. The van der Waals surface area contributed by atoms with Crippen LogP contribution in [0.2, 0.25) is 5.02 Å². The molecule has 0 aromatic heterocycles. The number of hydrogen-bond donors (Lipinski definition) is 2. The Kier molecular flexibility index (Phi) is 8.02. The lowest BCUT2D eigenvalue weighted by Crippen LogP contribution is -2.53. The summed E-state index contributed by atoms with van der Waals surface area (Å²) in [4.78, 5) is 72.2. The molecule has 5 aromatic rings. The second kappa shape index (κ2) is 12.7. The molecule has 274 valence electrons. The molecule has 11 heteroatoms. The number of nitrogens with one attached hydrogen (secondary N) is 1. The quantitative estimate of drug-likeness (QED) is 0.103. The minimum absolute atomic E-state index is 0.0444. The van der Waals surface area contributed by atoms with Crippen molar-refractivity contribution >= 4 is 63.2 Å². The van der Waals surface area contributed by atoms with E-state index < -0.39 is 58.5 Å². The first-order valence-corrected chi connectivity index (χ1v) is 18.4. The van der Waals surface area contributed by atoms with Gasteiger partial charge in [0.2, 0.25) is 11.8 Å². The average Bonchev–Trinajstić information content (AvgIpc) is 3.57. The standard InChI is InChI=1S/C44H33ClFN3O6/c1-23(50)24-6-17-30(18-7-24)48-40(52)33-21-20-32-35(37(33)42(48)54)22-36-41(53)49(47-29-15-13-28(46)14-16-29)43(55)44(36,26-9-11-27(45)12-10-26)38(32)34-19-8-25-4-2-3-5-31(25)39(34)51/h2-20,33,35-38,47,51H,21-22H2,1H3/t33-,35+,36-,37-,38+,44+/m0/s1. The number of hydrogen-bond acceptors (Lipinski definition) is 7. The molecule has 2 aliphatic carbocycles. The molecule has 4 aliphatic rings. The van der Waals surface area contributed by atoms with E-state index in [2.05, 4.69) is 5.43 Å². The van der Waals surface area contributed by atoms with E-state index in [0.29, 0.717) is 44.0 Å². The van der Waals surface area contributed by atoms with Crippen molar-refractivity contribution < 1.29 is 33.5 Å². The summed E-state index contributed by atoms with van der Waals surface area (Å²) in [6.07, 6.45) is 2.15. The lowest BCUT2D eigenvalue weighted by molar-refractivity contribution is -0.138. The maximum atomic E-state index is 15.4. The van der Waals surface area contributed by atoms with Crippen LogP contribution in [-0.4, -0.2) is 39.5 Å². The zero-order valence-corrected chi connectivity index (χ0v) is 30.2. The normalized spacial score (nSPS) is 25.8. The number of aromatic hydroxyl groups is 1. The fourth-order valence-electron chi connectivity index (χ4n) is 9.60. The molecule has 1 saturated carbocycles. The summed E-state index contributed by atoms with van der Waals surface area (Å²) in [7, 11) is 0. The molecule has 0 spiro atoms. The molecule has 3 fully saturated rings. The van der Waals surface area contributed by atoms with Gasteiger partial charge in [0.1, 0.15) is 11.6 Å². The van der Waals surface area contributed by atoms with Gasteiger partial charge in [-0.05, 0) is 97.3 Å². The molecule has 4 amide bonds. The second-order valence-corrected chi connectivity index (χ2v) is 15.1. The molecular formula is C44H33ClFN3O6. The van der Waals surface area contributed by atoms with Gasteiger partial charge in [0.05, 0.1) is 34.5 Å². The molecule has 0 radical (unpaired) electrons. The highest BCUT2D eigenvalue weighted by molar-refractivity contribution is 6.30. The summed E-state index contributed by atoms with van der Waals surface area (Å²) in [6.45, 7) is 1.44. The molecule has 6 atom stereocenters. The van der Waals surface area contributed by atoms with E-state index in [1.165, 1.54) is 36.1 Å². The number of ketones is 1. The topological polar surface area (TPSA) is 124 Å². The first-order chi connectivity index (χ1) is 26.5. The lowest BCUT2D eigenvalue weighted by atomic mass is 9.49. The van der Waals surface area contributed by atoms with Crippen LogP contribution in [0.4, 0.5) is 15.8 Å². The van der Waals surface area contributed by atoms with Crippen LogP contribution < -0.4 is 10.3 Å². The predicted octanol–water partition coefficient (Wildman–Crippen LogP) is 7.73. The Morgan fingerprint density at radius 1 is 0.836 bits per heavy atom. The monoisotopic (exact) mass is 753 g/mol. The number of Topliss-reactive ketones (excluding diaryl/α,β-unsaturated/α-hetero) is 1. The minimum Gasteiger partial charge on any atom is -0.507 e. The molecule has 2 saturated heterocycles. The fraction of sp³-hybridized carbons (Fsp3) is 0.205. The number of imide groups is 2. The highest BCUT2D eigenvalue weighted by Gasteiger charge is 2.70. The van der Waals surface area contributed by atoms with Crippen LogP contribution in [0.5, 0.6) is 5.75 Å². The van der Waals surface area contributed by atoms with Gasteiger partial charge < -0.3 is 5.11 Å². The number of rotatable bonds is 6. The summed E-state index contributed by atoms with van der Waals surface area (Å²) in [5, 5.41) is 14.9. The number of amides is 4. The lowest BCUT2D eigenvalue weighted by Gasteiger charge is -2.50. The van der Waals surface area contributed by atoms with Crippen LogP contribution in [0.25, 0.3) is 10.8 Å². The van der Waals surface area contributed by atoms with E-state index in [9.17, 15) is 28.7 Å². The first-order valence-electron chi connectivity index (χ1n) is 18.1. The van der Waals surface area contributed by atoms with Gasteiger partial charge in [0.15, 0.2) is 5.78 Å². The molecule has 0 bridgehead atoms. The summed E-state index contributed by atoms with van der Waals surface area (Å²) in [5.74, 6) is -6.98. The average molecular weight is 754 g/mol. The zero-order chi connectivity index (χ0) is 38.3. The largest absolute Gasteiger partial charge is 0.507 e. The third-order valence-corrected chi connectivity index (χ3v) is 12.3. The molecule has 9 rings (SSSR count). The molecule has 2 aliphatic heterocycles. The number of halogens is 2. The zero-order valence-electron chi connectivity index (χ0n) is 29.4. The highest BCUT2D eigenvalue weighted by Crippen LogP contribution is 2.65. The van der Waals surface area contributed by atoms with Crippen LogP contribution >= 0.6 is 11.6 Å². The molecule has 9 nitrogen and oxygen atoms in total. The van der Waals surface area contributed by atoms with Crippen LogP contribution in [0.3, 0.4) is 0 Å². The van der Waals surface area contributed by atoms with Gasteiger partial charge in [0.25, 0.3) is 11.8 Å². The van der Waals surface area contributed by atoms with Crippen LogP contribution in [0.1, 0.15) is 47.2 Å². The van der Waals surface area contributed by atoms with Crippen molar-refractivity contribution in [2.75, 3.05) is 10.3 Å². The number of fused-ring (bicyclic) bond motifs is 5. The minimum atomic E-state index is -1.64. The SMILES string of the molecule is CC(=O)c1ccc(N2C(=O)[C@H]3[C@H](CC=C4[C@H]3C[C@H]3C(=O)N(Nc5ccc(F)cc5)C(=O)[C@@]3(c3ccc(Cl)cc3)[C@H]4c3ccc4ccccc4c3O)C2=O)cc1. The van der Waals surface area contributed by atoms with Crippen molar-refractivity contribution in [3.63, 3.8) is 0 Å². The van der Waals surface area contributed by atoms with Gasteiger partial charge in [-0.2, -0.15) is 5.01 Å². The Morgan fingerprint density at radius 3 is 2.25 bits per heavy atom. The summed E-state index contributed by atoms with van der Waals surface area (Å²) >= 11 is 6.39. The fourth-order valence-corrected chi connectivity index (χ4v) is 9.73. The van der Waals surface area contributed by atoms with E-state index in [-0.39, 0.29) is 30.3 Å². The number of phenols is 1. The number of anilines is 2. The van der Waals surface area contributed by atoms with Gasteiger partial charge >= 0.3 is 0 Å². The van der Waals surface area contributed by atoms with E-state index in [0.717, 1.165) is 10.4 Å². The Balaban J connectivity index is 1.25. The Hall–Kier alpha value is -6.13. The maximum Gasteiger partial charge on any atom is 0.260 e. The van der Waals surface area contributed by atoms with E-state index >= 15 is 4.79 Å². The summed E-state index contributed by atoms with van der Waals surface area (Å²) in [5.41, 5.74) is 3.94. The number of benzene rings is 5. The maximum absolute atomic E-state index is 15.4. The molecular weight excluding hydrogens is 721 g/mol. The molecule has 5 aromatic carbocycles. The third kappa shape index (κ3) is 5.08. The van der Waals surface area contributed by atoms with Crippen LogP contribution in [0, 0.1) is 29.5 Å². The van der Waals surface area contributed by atoms with Gasteiger partial charge in [-0.25, -0.2) is 4.39 Å². The van der Waals surface area contributed by atoms with E-state index in [4.69, 9.17) is 11.6 Å². The van der Waals surface area contributed by atoms with Crippen molar-refractivity contribution in [2.45, 2.75) is 31.1 Å². The number of phenolic OH excluding ortho intramolecular Hbond substituents is 1. The number of carbonyl (C=O) groups is 5. The Morgan fingerprint density at radius 2 is 1.55 bits per heavy atom. The van der Waals surface area contributed by atoms with E-state index in [1.807, 2.05) is 24.3 Å². The number of carbonyl (C=O) groups excluding carboxylic acids is 5. The van der Waals surface area contributed by atoms with Gasteiger partial charge in [-0.3, -0.25) is 34.3 Å². The van der Waals surface area contributed by atoms with Crippen molar-refractivity contribution in [3.05, 3.63) is 148 Å². The van der Waals surface area contributed by atoms with Crippen molar-refractivity contribution in [3.8, 4) is 5.75 Å². The number of allylic oxidation sites excluding steroid dienone is 2. The van der Waals surface area contributed by atoms with Crippen molar-refractivity contribution in [1.82, 2.24) is 5.01 Å². The van der Waals surface area contributed by atoms with Crippen molar-refractivity contribution in [1.29, 1.82) is 0 Å². The molecule has 55 heavy (non-hydrogen) atoms. The predicted molar refractivity (Wildman–Crippen MR) is 204 cm³/mol. The first kappa shape index (κ1) is 34.6. The van der Waals surface area contributed by atoms with Crippen LogP contribution in [0.15, 0.2) is 121 Å². The van der Waals surface area contributed by atoms with E-state index in [1.54, 1.807) is 66.7 Å². The Bertz CT molecular complexity index is 2500. The number of nitrogens with zero attached hydrogens (tertiary/aromatic N) is 2. The van der Waals surface area contributed by atoms with Gasteiger partial charge in [0, 0.05) is 27.5 Å². The van der Waals surface area contributed by atoms with Crippen molar-refractivity contribution in [2.24, 2.45) is 23.7 Å². The highest BCUT2D eigenvalue weighted by atomic mass is 35.5. The smallest absolute Gasteiger partial charge is 0.260 e. The third-order valence-electron chi connectivity index (χ3n) is 12.0. The van der Waals surface area contributed by atoms with Gasteiger partial charge in [-0.1, -0.05) is 71.8 Å². The molecule has 0 unspecified atom stereocenters.